The largest absolute Gasteiger partial charge is 0.373 e. The van der Waals surface area contributed by atoms with E-state index in [1.165, 1.54) is 17.1 Å². The van der Waals surface area contributed by atoms with Crippen molar-refractivity contribution in [2.24, 2.45) is 7.05 Å². The number of carbonyl (C=O) groups excluding carboxylic acids is 1. The predicted octanol–water partition coefficient (Wildman–Crippen LogP) is 4.89. The number of nitrogens with zero attached hydrogens (tertiary/aromatic N) is 2. The molecule has 0 unspecified atom stereocenters. The Labute approximate surface area is 190 Å². The van der Waals surface area contributed by atoms with E-state index in [0.29, 0.717) is 22.5 Å². The Kier molecular flexibility index (Phi) is 6.32. The van der Waals surface area contributed by atoms with Gasteiger partial charge in [0.05, 0.1) is 16.2 Å². The Morgan fingerprint density at radius 2 is 1.91 bits per heavy atom. The number of aromatic nitrogens is 2. The van der Waals surface area contributed by atoms with Crippen LogP contribution in [0.25, 0.3) is 22.0 Å². The molecule has 3 aromatic rings. The Balaban J connectivity index is 1.69. The summed E-state index contributed by atoms with van der Waals surface area (Å²) in [6.45, 7) is 0. The quantitative estimate of drug-likeness (QED) is 0.520. The van der Waals surface area contributed by atoms with Crippen LogP contribution in [0.5, 0.6) is 0 Å². The van der Waals surface area contributed by atoms with Crippen LogP contribution >= 0.6 is 11.6 Å². The van der Waals surface area contributed by atoms with Crippen LogP contribution in [0.1, 0.15) is 32.1 Å². The fraction of sp³-hybridized carbons (Fsp3) is 0.348. The van der Waals surface area contributed by atoms with Crippen LogP contribution in [0.3, 0.4) is 0 Å². The number of amides is 2. The highest BCUT2D eigenvalue weighted by Crippen LogP contribution is 2.32. The first-order valence-electron chi connectivity index (χ1n) is 10.6. The highest BCUT2D eigenvalue weighted by molar-refractivity contribution is 6.33. The van der Waals surface area contributed by atoms with E-state index in [2.05, 4.69) is 20.9 Å². The highest BCUT2D eigenvalue weighted by Gasteiger charge is 2.19. The number of halogens is 2. The van der Waals surface area contributed by atoms with Gasteiger partial charge in [0.2, 0.25) is 0 Å². The predicted molar refractivity (Wildman–Crippen MR) is 126 cm³/mol. The lowest BCUT2D eigenvalue weighted by Crippen LogP contribution is -2.39. The van der Waals surface area contributed by atoms with Gasteiger partial charge in [0, 0.05) is 48.9 Å². The van der Waals surface area contributed by atoms with Crippen LogP contribution in [0.15, 0.2) is 35.3 Å². The number of benzene rings is 1. The van der Waals surface area contributed by atoms with E-state index in [4.69, 9.17) is 11.6 Å². The van der Waals surface area contributed by atoms with Crippen LogP contribution in [0, 0.1) is 5.82 Å². The van der Waals surface area contributed by atoms with Gasteiger partial charge in [0.15, 0.2) is 0 Å². The van der Waals surface area contributed by atoms with Crippen LogP contribution in [-0.2, 0) is 7.05 Å². The molecule has 32 heavy (non-hydrogen) atoms. The summed E-state index contributed by atoms with van der Waals surface area (Å²) in [4.78, 5) is 29.8. The van der Waals surface area contributed by atoms with Crippen molar-refractivity contribution in [3.05, 3.63) is 51.7 Å². The summed E-state index contributed by atoms with van der Waals surface area (Å²) in [7, 11) is 3.40. The van der Waals surface area contributed by atoms with E-state index < -0.39 is 11.8 Å². The molecule has 1 aromatic carbocycles. The van der Waals surface area contributed by atoms with Crippen LogP contribution < -0.4 is 21.5 Å². The van der Waals surface area contributed by atoms with Gasteiger partial charge in [-0.3, -0.25) is 4.79 Å². The maximum Gasteiger partial charge on any atom is 0.319 e. The molecule has 0 saturated heterocycles. The van der Waals surface area contributed by atoms with E-state index in [9.17, 15) is 14.0 Å². The molecule has 0 radical (unpaired) electrons. The Morgan fingerprint density at radius 1 is 1.16 bits per heavy atom. The van der Waals surface area contributed by atoms with Gasteiger partial charge in [-0.05, 0) is 31.0 Å². The SMILES string of the molecule is CNc1cc2c(cn1)cc(-c1cc(NC(=O)NC3CCCCC3)c(F)cc1Cl)c(=O)n2C. The first-order chi connectivity index (χ1) is 15.4. The third-order valence-electron chi connectivity index (χ3n) is 5.90. The number of anilines is 2. The molecule has 2 aromatic heterocycles. The molecule has 1 saturated carbocycles. The number of pyridine rings is 2. The van der Waals surface area contributed by atoms with Crippen molar-refractivity contribution >= 4 is 40.0 Å². The smallest absolute Gasteiger partial charge is 0.319 e. The second-order valence-corrected chi connectivity index (χ2v) is 8.45. The molecule has 9 heteroatoms. The maximum atomic E-state index is 14.6. The lowest BCUT2D eigenvalue weighted by atomic mass is 9.96. The average Bonchev–Trinajstić information content (AvgIpc) is 2.78. The zero-order valence-electron chi connectivity index (χ0n) is 18.0. The van der Waals surface area contributed by atoms with E-state index in [1.54, 1.807) is 32.4 Å². The second-order valence-electron chi connectivity index (χ2n) is 8.05. The molecular weight excluding hydrogens is 433 g/mol. The van der Waals surface area contributed by atoms with E-state index >= 15 is 0 Å². The number of aryl methyl sites for hydroxylation is 1. The van der Waals surface area contributed by atoms with Gasteiger partial charge in [0.25, 0.3) is 5.56 Å². The van der Waals surface area contributed by atoms with Crippen LogP contribution in [0.4, 0.5) is 20.7 Å². The average molecular weight is 458 g/mol. The van der Waals surface area contributed by atoms with Gasteiger partial charge in [-0.2, -0.15) is 0 Å². The molecule has 1 aliphatic rings. The normalized spacial score (nSPS) is 14.4. The number of hydrogen-bond acceptors (Lipinski definition) is 4. The molecule has 168 valence electrons. The fourth-order valence-corrected chi connectivity index (χ4v) is 4.39. The third-order valence-corrected chi connectivity index (χ3v) is 6.21. The molecule has 0 bridgehead atoms. The van der Waals surface area contributed by atoms with Crippen molar-refractivity contribution in [1.29, 1.82) is 0 Å². The number of nitrogens with one attached hydrogen (secondary N) is 3. The monoisotopic (exact) mass is 457 g/mol. The van der Waals surface area contributed by atoms with Gasteiger partial charge in [0.1, 0.15) is 11.6 Å². The molecule has 7 nitrogen and oxygen atoms in total. The van der Waals surface area contributed by atoms with Crippen molar-refractivity contribution in [3.8, 4) is 11.1 Å². The van der Waals surface area contributed by atoms with E-state index in [1.807, 2.05) is 0 Å². The van der Waals surface area contributed by atoms with Crippen LogP contribution in [-0.4, -0.2) is 28.7 Å². The molecule has 1 fully saturated rings. The minimum Gasteiger partial charge on any atom is -0.373 e. The van der Waals surface area contributed by atoms with Crippen LogP contribution in [0.2, 0.25) is 5.02 Å². The molecule has 0 aliphatic heterocycles. The van der Waals surface area contributed by atoms with Crippen molar-refractivity contribution in [1.82, 2.24) is 14.9 Å². The summed E-state index contributed by atoms with van der Waals surface area (Å²) < 4.78 is 16.1. The first kappa shape index (κ1) is 22.1. The summed E-state index contributed by atoms with van der Waals surface area (Å²) in [5.74, 6) is -0.0361. The summed E-state index contributed by atoms with van der Waals surface area (Å²) in [6, 6.07) is 5.57. The second kappa shape index (κ2) is 9.16. The van der Waals surface area contributed by atoms with Crippen molar-refractivity contribution in [2.45, 2.75) is 38.1 Å². The van der Waals surface area contributed by atoms with E-state index in [0.717, 1.165) is 37.1 Å². The topological polar surface area (TPSA) is 88.1 Å². The standard InChI is InChI=1S/C23H25ClFN5O2/c1-26-21-11-20-13(12-27-21)8-16(22(31)30(20)2)15-9-19(18(25)10-17(15)24)29-23(32)28-14-6-4-3-5-7-14/h8-12,14H,3-7H2,1-2H3,(H,26,27)(H2,28,29,32). The summed E-state index contributed by atoms with van der Waals surface area (Å²) >= 11 is 6.31. The van der Waals surface area contributed by atoms with Crippen molar-refractivity contribution in [3.63, 3.8) is 0 Å². The summed E-state index contributed by atoms with van der Waals surface area (Å²) in [5.41, 5.74) is 0.989. The van der Waals surface area contributed by atoms with Gasteiger partial charge >= 0.3 is 6.03 Å². The number of hydrogen-bond donors (Lipinski definition) is 3. The minimum absolute atomic E-state index is 0.0384. The third kappa shape index (κ3) is 4.41. The molecule has 4 rings (SSSR count). The molecule has 3 N–H and O–H groups in total. The number of urea groups is 1. The molecule has 0 atom stereocenters. The number of fused-ring (bicyclic) bond motifs is 1. The zero-order chi connectivity index (χ0) is 22.8. The zero-order valence-corrected chi connectivity index (χ0v) is 18.7. The van der Waals surface area contributed by atoms with Gasteiger partial charge < -0.3 is 20.5 Å². The molecule has 2 amide bonds. The Bertz CT molecular complexity index is 1240. The molecule has 1 aliphatic carbocycles. The van der Waals surface area contributed by atoms with E-state index in [-0.39, 0.29) is 22.3 Å². The fourth-order valence-electron chi connectivity index (χ4n) is 4.14. The molecule has 0 spiro atoms. The number of carbonyl (C=O) groups is 1. The Hall–Kier alpha value is -3.13. The molecule has 2 heterocycles. The van der Waals surface area contributed by atoms with Crippen molar-refractivity contribution in [2.75, 3.05) is 17.7 Å². The minimum atomic E-state index is -0.671. The molecular formula is C23H25ClFN5O2. The summed E-state index contributed by atoms with van der Waals surface area (Å²) in [5, 5.41) is 9.22. The summed E-state index contributed by atoms with van der Waals surface area (Å²) in [6.07, 6.45) is 6.79. The van der Waals surface area contributed by atoms with Gasteiger partial charge in [-0.1, -0.05) is 30.9 Å². The number of rotatable bonds is 4. The first-order valence-corrected chi connectivity index (χ1v) is 11.0. The maximum absolute atomic E-state index is 14.6. The highest BCUT2D eigenvalue weighted by atomic mass is 35.5. The van der Waals surface area contributed by atoms with Crippen molar-refractivity contribution < 1.29 is 9.18 Å². The Morgan fingerprint density at radius 3 is 2.62 bits per heavy atom. The van der Waals surface area contributed by atoms with Gasteiger partial charge in [-0.25, -0.2) is 14.2 Å². The lowest BCUT2D eigenvalue weighted by molar-refractivity contribution is 0.244. The van der Waals surface area contributed by atoms with Gasteiger partial charge in [-0.15, -0.1) is 0 Å². The lowest BCUT2D eigenvalue weighted by Gasteiger charge is -2.23.